The first kappa shape index (κ1) is 19.6. The summed E-state index contributed by atoms with van der Waals surface area (Å²) < 4.78 is 6.36. The molecule has 0 aliphatic rings. The van der Waals surface area contributed by atoms with Crippen LogP contribution in [-0.4, -0.2) is 46.0 Å². The molecule has 0 bridgehead atoms. The highest BCUT2D eigenvalue weighted by atomic mass is 16.5. The van der Waals surface area contributed by atoms with E-state index in [4.69, 9.17) is 4.74 Å². The van der Waals surface area contributed by atoms with Crippen molar-refractivity contribution in [2.75, 3.05) is 19.7 Å². The van der Waals surface area contributed by atoms with Crippen LogP contribution in [0.3, 0.4) is 0 Å². The van der Waals surface area contributed by atoms with E-state index in [1.165, 1.54) is 15.8 Å². The van der Waals surface area contributed by atoms with Crippen LogP contribution in [0.2, 0.25) is 0 Å². The van der Waals surface area contributed by atoms with Crippen LogP contribution in [0.5, 0.6) is 0 Å². The summed E-state index contributed by atoms with van der Waals surface area (Å²) in [5, 5.41) is 0.521. The molecule has 140 valence electrons. The first-order chi connectivity index (χ1) is 12.4. The second kappa shape index (κ2) is 9.12. The van der Waals surface area contributed by atoms with Crippen LogP contribution in [0.25, 0.3) is 10.9 Å². The molecule has 1 aromatic heterocycles. The number of fused-ring (bicyclic) bond motifs is 1. The molecule has 7 heteroatoms. The lowest BCUT2D eigenvalue weighted by Gasteiger charge is -2.23. The molecule has 2 aromatic rings. The number of esters is 1. The number of hydrogen-bond acceptors (Lipinski definition) is 5. The number of benzene rings is 1. The SMILES string of the molecule is CCOC(=O)CN(CC(C)C)C(=O)CCn1cnc2ccccc2c1=O. The number of para-hydroxylation sites is 1. The molecule has 0 spiro atoms. The van der Waals surface area contributed by atoms with E-state index in [2.05, 4.69) is 4.98 Å². The van der Waals surface area contributed by atoms with Crippen LogP contribution in [0.1, 0.15) is 27.2 Å². The number of rotatable bonds is 8. The molecule has 1 amide bonds. The quantitative estimate of drug-likeness (QED) is 0.672. The van der Waals surface area contributed by atoms with E-state index in [1.54, 1.807) is 25.1 Å². The highest BCUT2D eigenvalue weighted by Crippen LogP contribution is 2.06. The van der Waals surface area contributed by atoms with Crippen molar-refractivity contribution in [2.24, 2.45) is 5.92 Å². The van der Waals surface area contributed by atoms with Gasteiger partial charge in [-0.3, -0.25) is 19.0 Å². The minimum Gasteiger partial charge on any atom is -0.465 e. The van der Waals surface area contributed by atoms with Crippen molar-refractivity contribution in [1.29, 1.82) is 0 Å². The predicted molar refractivity (Wildman–Crippen MR) is 98.7 cm³/mol. The zero-order chi connectivity index (χ0) is 19.1. The third kappa shape index (κ3) is 5.15. The monoisotopic (exact) mass is 359 g/mol. The van der Waals surface area contributed by atoms with Gasteiger partial charge in [-0.1, -0.05) is 26.0 Å². The average molecular weight is 359 g/mol. The van der Waals surface area contributed by atoms with Crippen molar-refractivity contribution in [2.45, 2.75) is 33.7 Å². The van der Waals surface area contributed by atoms with Gasteiger partial charge in [0.15, 0.2) is 0 Å². The number of ether oxygens (including phenoxy) is 1. The van der Waals surface area contributed by atoms with Crippen LogP contribution >= 0.6 is 0 Å². The van der Waals surface area contributed by atoms with Crippen molar-refractivity contribution >= 4 is 22.8 Å². The Balaban J connectivity index is 2.08. The average Bonchev–Trinajstić information content (AvgIpc) is 2.60. The number of aromatic nitrogens is 2. The number of nitrogens with zero attached hydrogens (tertiary/aromatic N) is 3. The van der Waals surface area contributed by atoms with Gasteiger partial charge in [0.05, 0.1) is 23.8 Å². The van der Waals surface area contributed by atoms with Crippen molar-refractivity contribution in [3.8, 4) is 0 Å². The molecule has 0 atom stereocenters. The number of carbonyl (C=O) groups excluding carboxylic acids is 2. The number of amides is 1. The van der Waals surface area contributed by atoms with Gasteiger partial charge < -0.3 is 9.64 Å². The van der Waals surface area contributed by atoms with E-state index in [9.17, 15) is 14.4 Å². The summed E-state index contributed by atoms with van der Waals surface area (Å²) in [7, 11) is 0. The summed E-state index contributed by atoms with van der Waals surface area (Å²) in [6.45, 7) is 6.56. The van der Waals surface area contributed by atoms with E-state index >= 15 is 0 Å². The maximum absolute atomic E-state index is 12.5. The second-order valence-electron chi connectivity index (χ2n) is 6.48. The van der Waals surface area contributed by atoms with Crippen LogP contribution in [0.4, 0.5) is 0 Å². The normalized spacial score (nSPS) is 10.9. The van der Waals surface area contributed by atoms with Crippen molar-refractivity contribution in [3.05, 3.63) is 40.9 Å². The van der Waals surface area contributed by atoms with Crippen molar-refractivity contribution in [1.82, 2.24) is 14.5 Å². The third-order valence-electron chi connectivity index (χ3n) is 3.86. The Morgan fingerprint density at radius 3 is 2.69 bits per heavy atom. The minimum absolute atomic E-state index is 0.0737. The van der Waals surface area contributed by atoms with Gasteiger partial charge in [-0.2, -0.15) is 0 Å². The molecule has 0 fully saturated rings. The Morgan fingerprint density at radius 1 is 1.27 bits per heavy atom. The molecule has 0 N–H and O–H groups in total. The minimum atomic E-state index is -0.425. The lowest BCUT2D eigenvalue weighted by atomic mass is 10.2. The van der Waals surface area contributed by atoms with Gasteiger partial charge in [0.25, 0.3) is 5.56 Å². The van der Waals surface area contributed by atoms with Crippen molar-refractivity contribution in [3.63, 3.8) is 0 Å². The molecule has 0 saturated carbocycles. The number of carbonyl (C=O) groups is 2. The summed E-state index contributed by atoms with van der Waals surface area (Å²) in [5.74, 6) is -0.392. The number of aryl methyl sites for hydroxylation is 1. The summed E-state index contributed by atoms with van der Waals surface area (Å²) >= 11 is 0. The van der Waals surface area contributed by atoms with Crippen LogP contribution < -0.4 is 5.56 Å². The molecule has 7 nitrogen and oxygen atoms in total. The fourth-order valence-electron chi connectivity index (χ4n) is 2.70. The van der Waals surface area contributed by atoms with Gasteiger partial charge in [-0.15, -0.1) is 0 Å². The maximum atomic E-state index is 12.5. The van der Waals surface area contributed by atoms with E-state index in [-0.39, 0.29) is 43.5 Å². The largest absolute Gasteiger partial charge is 0.465 e. The first-order valence-corrected chi connectivity index (χ1v) is 8.80. The van der Waals surface area contributed by atoms with Crippen LogP contribution in [0, 0.1) is 5.92 Å². The van der Waals surface area contributed by atoms with E-state index in [0.29, 0.717) is 17.4 Å². The smallest absolute Gasteiger partial charge is 0.325 e. The van der Waals surface area contributed by atoms with Gasteiger partial charge in [0, 0.05) is 19.5 Å². The molecule has 1 aromatic carbocycles. The van der Waals surface area contributed by atoms with Gasteiger partial charge in [0.1, 0.15) is 6.54 Å². The molecule has 0 aliphatic carbocycles. The molecule has 1 heterocycles. The van der Waals surface area contributed by atoms with E-state index in [0.717, 1.165) is 0 Å². The second-order valence-corrected chi connectivity index (χ2v) is 6.48. The maximum Gasteiger partial charge on any atom is 0.325 e. The molecule has 2 rings (SSSR count). The zero-order valence-electron chi connectivity index (χ0n) is 15.5. The van der Waals surface area contributed by atoms with Gasteiger partial charge >= 0.3 is 5.97 Å². The van der Waals surface area contributed by atoms with Gasteiger partial charge in [-0.25, -0.2) is 4.98 Å². The summed E-state index contributed by atoms with van der Waals surface area (Å²) in [5.41, 5.74) is 0.452. The molecule has 0 saturated heterocycles. The molecule has 0 unspecified atom stereocenters. The first-order valence-electron chi connectivity index (χ1n) is 8.80. The van der Waals surface area contributed by atoms with E-state index in [1.807, 2.05) is 19.9 Å². The number of hydrogen-bond donors (Lipinski definition) is 0. The Hall–Kier alpha value is -2.70. The third-order valence-corrected chi connectivity index (χ3v) is 3.86. The fraction of sp³-hybridized carbons (Fsp3) is 0.474. The highest BCUT2D eigenvalue weighted by Gasteiger charge is 2.19. The Kier molecular flexibility index (Phi) is 6.89. The molecular formula is C19H25N3O4. The van der Waals surface area contributed by atoms with Crippen LogP contribution in [0.15, 0.2) is 35.4 Å². The Morgan fingerprint density at radius 2 is 2.00 bits per heavy atom. The lowest BCUT2D eigenvalue weighted by Crippen LogP contribution is -2.39. The van der Waals surface area contributed by atoms with Gasteiger partial charge in [-0.05, 0) is 25.0 Å². The Labute approximate surface area is 152 Å². The summed E-state index contributed by atoms with van der Waals surface area (Å²) in [6.07, 6.45) is 1.57. The molecule has 26 heavy (non-hydrogen) atoms. The lowest BCUT2D eigenvalue weighted by molar-refractivity contribution is -0.149. The van der Waals surface area contributed by atoms with Crippen molar-refractivity contribution < 1.29 is 14.3 Å². The fourth-order valence-corrected chi connectivity index (χ4v) is 2.70. The zero-order valence-corrected chi connectivity index (χ0v) is 15.5. The summed E-state index contributed by atoms with van der Waals surface area (Å²) in [4.78, 5) is 42.5. The molecular weight excluding hydrogens is 334 g/mol. The van der Waals surface area contributed by atoms with Gasteiger partial charge in [0.2, 0.25) is 5.91 Å². The molecule has 0 aliphatic heterocycles. The highest BCUT2D eigenvalue weighted by molar-refractivity contribution is 5.82. The van der Waals surface area contributed by atoms with E-state index < -0.39 is 5.97 Å². The van der Waals surface area contributed by atoms with Crippen LogP contribution in [-0.2, 0) is 20.9 Å². The topological polar surface area (TPSA) is 81.5 Å². The summed E-state index contributed by atoms with van der Waals surface area (Å²) in [6, 6.07) is 7.09. The predicted octanol–water partition coefficient (Wildman–Crippen LogP) is 1.83. The molecule has 0 radical (unpaired) electrons. The Bertz CT molecular complexity index is 829. The standard InChI is InChI=1S/C19H25N3O4/c1-4-26-18(24)12-22(11-14(2)3)17(23)9-10-21-13-20-16-8-6-5-7-15(16)19(21)25/h5-8,13-14H,4,9-12H2,1-3H3.